The summed E-state index contributed by atoms with van der Waals surface area (Å²) in [6, 6.07) is 7.21. The smallest absolute Gasteiger partial charge is 0.254 e. The standard InChI is InChI=1S/C21H26N6O4/c1-29-10-7-23-19-15-5-6-22-18(15)25-21(26-19)24-16-4-3-14(13-17(16)30-2)20(28)27-8-11-31-12-9-27/h3-6,13H,7-12H2,1-2H3,(H3,22,23,24,25,26). The van der Waals surface area contributed by atoms with Gasteiger partial charge >= 0.3 is 0 Å². The maximum atomic E-state index is 12.8. The van der Waals surface area contributed by atoms with Crippen molar-refractivity contribution in [1.82, 2.24) is 19.9 Å². The summed E-state index contributed by atoms with van der Waals surface area (Å²) in [7, 11) is 3.22. The Kier molecular flexibility index (Phi) is 6.48. The third kappa shape index (κ3) is 4.70. The first kappa shape index (κ1) is 20.9. The lowest BCUT2D eigenvalue weighted by atomic mass is 10.1. The van der Waals surface area contributed by atoms with Gasteiger partial charge in [-0.1, -0.05) is 0 Å². The zero-order chi connectivity index (χ0) is 21.6. The Bertz CT molecular complexity index is 1050. The van der Waals surface area contributed by atoms with Crippen molar-refractivity contribution in [1.29, 1.82) is 0 Å². The molecule has 1 aromatic carbocycles. The molecule has 2 aromatic heterocycles. The number of H-pyrrole nitrogens is 1. The summed E-state index contributed by atoms with van der Waals surface area (Å²) in [6.07, 6.45) is 1.82. The molecular weight excluding hydrogens is 400 g/mol. The summed E-state index contributed by atoms with van der Waals surface area (Å²) in [6.45, 7) is 3.47. The third-order valence-electron chi connectivity index (χ3n) is 5.01. The van der Waals surface area contributed by atoms with E-state index in [4.69, 9.17) is 14.2 Å². The number of amides is 1. The predicted octanol–water partition coefficient (Wildman–Crippen LogP) is 2.24. The van der Waals surface area contributed by atoms with E-state index in [2.05, 4.69) is 25.6 Å². The molecule has 0 bridgehead atoms. The Hall–Kier alpha value is -3.37. The number of carbonyl (C=O) groups excluding carboxylic acids is 1. The number of morpholine rings is 1. The summed E-state index contributed by atoms with van der Waals surface area (Å²) in [5.74, 6) is 1.59. The van der Waals surface area contributed by atoms with E-state index >= 15 is 0 Å². The van der Waals surface area contributed by atoms with Gasteiger partial charge < -0.3 is 34.7 Å². The van der Waals surface area contributed by atoms with Crippen LogP contribution in [0.3, 0.4) is 0 Å². The predicted molar refractivity (Wildman–Crippen MR) is 117 cm³/mol. The fourth-order valence-electron chi connectivity index (χ4n) is 3.40. The van der Waals surface area contributed by atoms with Gasteiger partial charge in [0.2, 0.25) is 5.95 Å². The number of ether oxygens (including phenoxy) is 3. The Balaban J connectivity index is 1.57. The average Bonchev–Trinajstić information content (AvgIpc) is 3.28. The number of aromatic amines is 1. The maximum absolute atomic E-state index is 12.8. The molecule has 0 aliphatic carbocycles. The van der Waals surface area contributed by atoms with Crippen molar-refractivity contribution in [3.63, 3.8) is 0 Å². The number of carbonyl (C=O) groups is 1. The third-order valence-corrected chi connectivity index (χ3v) is 5.01. The van der Waals surface area contributed by atoms with Crippen LogP contribution in [-0.2, 0) is 9.47 Å². The van der Waals surface area contributed by atoms with Gasteiger partial charge in [-0.2, -0.15) is 9.97 Å². The van der Waals surface area contributed by atoms with Gasteiger partial charge in [0.1, 0.15) is 17.2 Å². The summed E-state index contributed by atoms with van der Waals surface area (Å²) in [4.78, 5) is 26.8. The van der Waals surface area contributed by atoms with E-state index < -0.39 is 0 Å². The number of anilines is 3. The second-order valence-corrected chi connectivity index (χ2v) is 7.00. The van der Waals surface area contributed by atoms with Crippen LogP contribution in [0.1, 0.15) is 10.4 Å². The molecule has 3 heterocycles. The Morgan fingerprint density at radius 2 is 2.06 bits per heavy atom. The van der Waals surface area contributed by atoms with Crippen molar-refractivity contribution >= 4 is 34.4 Å². The molecular formula is C21H26N6O4. The lowest BCUT2D eigenvalue weighted by molar-refractivity contribution is 0.0302. The summed E-state index contributed by atoms with van der Waals surface area (Å²) < 4.78 is 16.0. The van der Waals surface area contributed by atoms with Gasteiger partial charge in [0.05, 0.1) is 38.0 Å². The van der Waals surface area contributed by atoms with Gasteiger partial charge in [0.25, 0.3) is 5.91 Å². The van der Waals surface area contributed by atoms with Gasteiger partial charge in [0, 0.05) is 38.5 Å². The van der Waals surface area contributed by atoms with E-state index in [0.717, 1.165) is 5.39 Å². The molecule has 1 fully saturated rings. The van der Waals surface area contributed by atoms with Crippen molar-refractivity contribution in [2.75, 3.05) is 64.3 Å². The van der Waals surface area contributed by atoms with Gasteiger partial charge in [-0.3, -0.25) is 4.79 Å². The molecule has 1 saturated heterocycles. The molecule has 4 rings (SSSR count). The largest absolute Gasteiger partial charge is 0.495 e. The Morgan fingerprint density at radius 3 is 2.84 bits per heavy atom. The normalized spacial score (nSPS) is 13.9. The number of hydrogen-bond acceptors (Lipinski definition) is 8. The minimum absolute atomic E-state index is 0.0400. The number of methoxy groups -OCH3 is 2. The molecule has 0 radical (unpaired) electrons. The summed E-state index contributed by atoms with van der Waals surface area (Å²) in [5, 5.41) is 7.35. The van der Waals surface area contributed by atoms with Gasteiger partial charge in [-0.05, 0) is 24.3 Å². The molecule has 3 N–H and O–H groups in total. The summed E-state index contributed by atoms with van der Waals surface area (Å²) >= 11 is 0. The number of benzene rings is 1. The average molecular weight is 426 g/mol. The van der Waals surface area contributed by atoms with Crippen LogP contribution in [0.15, 0.2) is 30.5 Å². The highest BCUT2D eigenvalue weighted by Crippen LogP contribution is 2.30. The number of rotatable bonds is 8. The molecule has 3 aromatic rings. The number of nitrogens with zero attached hydrogens (tertiary/aromatic N) is 3. The monoisotopic (exact) mass is 426 g/mol. The van der Waals surface area contributed by atoms with E-state index in [0.29, 0.717) is 73.9 Å². The second kappa shape index (κ2) is 9.63. The highest BCUT2D eigenvalue weighted by Gasteiger charge is 2.20. The van der Waals surface area contributed by atoms with Crippen molar-refractivity contribution in [2.45, 2.75) is 0 Å². The van der Waals surface area contributed by atoms with Crippen LogP contribution in [0.25, 0.3) is 11.0 Å². The maximum Gasteiger partial charge on any atom is 0.254 e. The molecule has 10 heteroatoms. The van der Waals surface area contributed by atoms with Crippen LogP contribution in [0, 0.1) is 0 Å². The molecule has 10 nitrogen and oxygen atoms in total. The SMILES string of the molecule is COCCNc1nc(Nc2ccc(C(=O)N3CCOCC3)cc2OC)nc2[nH]ccc12. The van der Waals surface area contributed by atoms with E-state index in [1.807, 2.05) is 12.3 Å². The quantitative estimate of drug-likeness (QED) is 0.470. The number of hydrogen-bond donors (Lipinski definition) is 3. The van der Waals surface area contributed by atoms with Crippen molar-refractivity contribution < 1.29 is 19.0 Å². The van der Waals surface area contributed by atoms with Crippen LogP contribution < -0.4 is 15.4 Å². The second-order valence-electron chi connectivity index (χ2n) is 7.00. The molecule has 0 atom stereocenters. The first-order chi connectivity index (χ1) is 15.2. The first-order valence-electron chi connectivity index (χ1n) is 10.1. The molecule has 1 aliphatic rings. The van der Waals surface area contributed by atoms with E-state index in [-0.39, 0.29) is 5.91 Å². The minimum Gasteiger partial charge on any atom is -0.495 e. The van der Waals surface area contributed by atoms with Gasteiger partial charge in [0.15, 0.2) is 0 Å². The zero-order valence-electron chi connectivity index (χ0n) is 17.6. The first-order valence-corrected chi connectivity index (χ1v) is 10.1. The lowest BCUT2D eigenvalue weighted by Gasteiger charge is -2.27. The minimum atomic E-state index is -0.0400. The van der Waals surface area contributed by atoms with E-state index in [1.54, 1.807) is 37.3 Å². The Labute approximate surface area is 179 Å². The van der Waals surface area contributed by atoms with Gasteiger partial charge in [-0.15, -0.1) is 0 Å². The van der Waals surface area contributed by atoms with Crippen LogP contribution in [-0.4, -0.2) is 79.4 Å². The van der Waals surface area contributed by atoms with Crippen LogP contribution in [0.5, 0.6) is 5.75 Å². The van der Waals surface area contributed by atoms with Crippen molar-refractivity contribution in [3.05, 3.63) is 36.0 Å². The highest BCUT2D eigenvalue weighted by molar-refractivity contribution is 5.95. The number of fused-ring (bicyclic) bond motifs is 1. The molecule has 1 amide bonds. The highest BCUT2D eigenvalue weighted by atomic mass is 16.5. The van der Waals surface area contributed by atoms with Crippen molar-refractivity contribution in [3.8, 4) is 5.75 Å². The van der Waals surface area contributed by atoms with Crippen LogP contribution in [0.4, 0.5) is 17.5 Å². The molecule has 0 unspecified atom stereocenters. The fourth-order valence-corrected chi connectivity index (χ4v) is 3.40. The Morgan fingerprint density at radius 1 is 1.23 bits per heavy atom. The zero-order valence-corrected chi connectivity index (χ0v) is 17.6. The fraction of sp³-hybridized carbons (Fsp3) is 0.381. The van der Waals surface area contributed by atoms with Gasteiger partial charge in [-0.25, -0.2) is 0 Å². The molecule has 1 aliphatic heterocycles. The van der Waals surface area contributed by atoms with Crippen LogP contribution >= 0.6 is 0 Å². The van der Waals surface area contributed by atoms with E-state index in [9.17, 15) is 4.79 Å². The molecule has 0 saturated carbocycles. The van der Waals surface area contributed by atoms with Crippen molar-refractivity contribution in [2.24, 2.45) is 0 Å². The van der Waals surface area contributed by atoms with Crippen LogP contribution in [0.2, 0.25) is 0 Å². The molecule has 31 heavy (non-hydrogen) atoms. The molecule has 164 valence electrons. The number of nitrogens with one attached hydrogen (secondary N) is 3. The summed E-state index contributed by atoms with van der Waals surface area (Å²) in [5.41, 5.74) is 1.93. The number of aromatic nitrogens is 3. The molecule has 0 spiro atoms. The van der Waals surface area contributed by atoms with E-state index in [1.165, 1.54) is 0 Å². The topological polar surface area (TPSA) is 114 Å². The lowest BCUT2D eigenvalue weighted by Crippen LogP contribution is -2.40.